The van der Waals surface area contributed by atoms with Crippen LogP contribution in [0.5, 0.6) is 0 Å². The second kappa shape index (κ2) is 4.13. The molecule has 0 aromatic carbocycles. The molecule has 3 nitrogen and oxygen atoms in total. The van der Waals surface area contributed by atoms with E-state index in [1.54, 1.807) is 0 Å². The third-order valence-electron chi connectivity index (χ3n) is 3.02. The van der Waals surface area contributed by atoms with E-state index in [0.717, 1.165) is 6.54 Å². The van der Waals surface area contributed by atoms with Gasteiger partial charge in [0, 0.05) is 12.6 Å². The Morgan fingerprint density at radius 1 is 1.47 bits per heavy atom. The molecule has 0 amide bonds. The number of nitrogens with one attached hydrogen (secondary N) is 1. The molecule has 1 aliphatic rings. The number of aromatic nitrogens is 2. The maximum absolute atomic E-state index is 12.8. The molecule has 1 N–H and O–H groups in total. The Morgan fingerprint density at radius 2 is 2.27 bits per heavy atom. The number of halogens is 1. The van der Waals surface area contributed by atoms with Gasteiger partial charge in [0.2, 0.25) is 5.95 Å². The zero-order chi connectivity index (χ0) is 10.7. The lowest BCUT2D eigenvalue weighted by molar-refractivity contribution is 0.484. The zero-order valence-corrected chi connectivity index (χ0v) is 8.96. The van der Waals surface area contributed by atoms with Gasteiger partial charge in [0.05, 0.1) is 0 Å². The van der Waals surface area contributed by atoms with E-state index in [-0.39, 0.29) is 0 Å². The third-order valence-corrected chi connectivity index (χ3v) is 3.02. The van der Waals surface area contributed by atoms with Gasteiger partial charge in [-0.1, -0.05) is 13.3 Å². The van der Waals surface area contributed by atoms with Crippen molar-refractivity contribution in [1.29, 1.82) is 0 Å². The van der Waals surface area contributed by atoms with Crippen molar-refractivity contribution < 1.29 is 4.39 Å². The summed E-state index contributed by atoms with van der Waals surface area (Å²) in [6.45, 7) is 3.10. The van der Waals surface area contributed by atoms with Gasteiger partial charge in [-0.05, 0) is 24.7 Å². The summed E-state index contributed by atoms with van der Waals surface area (Å²) in [5.41, 5.74) is 0.455. The minimum absolute atomic E-state index is 0.455. The van der Waals surface area contributed by atoms with Gasteiger partial charge in [-0.25, -0.2) is 9.97 Å². The molecule has 0 bridgehead atoms. The van der Waals surface area contributed by atoms with Crippen LogP contribution in [0.3, 0.4) is 0 Å². The first-order valence-corrected chi connectivity index (χ1v) is 5.45. The van der Waals surface area contributed by atoms with Crippen LogP contribution >= 0.6 is 0 Å². The maximum Gasteiger partial charge on any atom is 0.217 e. The van der Waals surface area contributed by atoms with Crippen LogP contribution in [0.4, 0.5) is 10.2 Å². The number of hydrogen-bond acceptors (Lipinski definition) is 3. The normalized spacial score (nSPS) is 17.5. The Balaban J connectivity index is 1.88. The lowest BCUT2D eigenvalue weighted by atomic mass is 10.0. The number of anilines is 1. The molecule has 15 heavy (non-hydrogen) atoms. The van der Waals surface area contributed by atoms with Gasteiger partial charge in [0.25, 0.3) is 0 Å². The van der Waals surface area contributed by atoms with E-state index in [1.807, 2.05) is 0 Å². The summed E-state index contributed by atoms with van der Waals surface area (Å²) in [6, 6.07) is 1.34. The minimum atomic E-state index is -0.479. The van der Waals surface area contributed by atoms with Crippen LogP contribution in [0.25, 0.3) is 0 Å². The Kier molecular flexibility index (Phi) is 2.84. The molecular formula is C11H16FN3. The van der Waals surface area contributed by atoms with E-state index in [0.29, 0.717) is 11.2 Å². The summed E-state index contributed by atoms with van der Waals surface area (Å²) in [4.78, 5) is 7.39. The molecule has 2 rings (SSSR count). The molecule has 1 aromatic heterocycles. The molecule has 1 fully saturated rings. The second-order valence-electron chi connectivity index (χ2n) is 4.33. The lowest BCUT2D eigenvalue weighted by Crippen LogP contribution is -2.16. The molecule has 0 atom stereocenters. The highest BCUT2D eigenvalue weighted by Gasteiger charge is 2.41. The fourth-order valence-corrected chi connectivity index (χ4v) is 1.93. The van der Waals surface area contributed by atoms with Crippen LogP contribution in [0.1, 0.15) is 32.6 Å². The second-order valence-corrected chi connectivity index (χ2v) is 4.33. The van der Waals surface area contributed by atoms with Gasteiger partial charge >= 0.3 is 0 Å². The van der Waals surface area contributed by atoms with Gasteiger partial charge in [-0.2, -0.15) is 4.39 Å². The van der Waals surface area contributed by atoms with Crippen LogP contribution < -0.4 is 5.32 Å². The van der Waals surface area contributed by atoms with Crippen LogP contribution in [-0.4, -0.2) is 16.5 Å². The van der Waals surface area contributed by atoms with Crippen molar-refractivity contribution in [2.24, 2.45) is 5.41 Å². The number of nitrogens with zero attached hydrogens (tertiary/aromatic N) is 2. The number of hydrogen-bond donors (Lipinski definition) is 1. The van der Waals surface area contributed by atoms with Crippen molar-refractivity contribution in [1.82, 2.24) is 9.97 Å². The fraction of sp³-hybridized carbons (Fsp3) is 0.636. The SMILES string of the molecule is CCCC1(CNc2cc(F)ncn2)CC1. The first kappa shape index (κ1) is 10.3. The van der Waals surface area contributed by atoms with Crippen LogP contribution in [0.2, 0.25) is 0 Å². The monoisotopic (exact) mass is 209 g/mol. The Bertz CT molecular complexity index is 336. The highest BCUT2D eigenvalue weighted by molar-refractivity contribution is 5.33. The molecule has 0 unspecified atom stereocenters. The molecule has 0 spiro atoms. The summed E-state index contributed by atoms with van der Waals surface area (Å²) in [5, 5.41) is 3.18. The standard InChI is InChI=1S/C11H16FN3/c1-2-3-11(4-5-11)7-13-10-6-9(12)14-8-15-10/h6,8H,2-5,7H2,1H3,(H,13,14,15). The van der Waals surface area contributed by atoms with Gasteiger partial charge in [-0.15, -0.1) is 0 Å². The van der Waals surface area contributed by atoms with Crippen molar-refractivity contribution in [3.05, 3.63) is 18.3 Å². The summed E-state index contributed by atoms with van der Waals surface area (Å²) in [5.74, 6) is 0.109. The Hall–Kier alpha value is -1.19. The van der Waals surface area contributed by atoms with Gasteiger partial charge in [0.1, 0.15) is 12.1 Å². The van der Waals surface area contributed by atoms with Crippen LogP contribution in [0.15, 0.2) is 12.4 Å². The highest BCUT2D eigenvalue weighted by atomic mass is 19.1. The molecule has 0 radical (unpaired) electrons. The quantitative estimate of drug-likeness (QED) is 0.757. The van der Waals surface area contributed by atoms with E-state index in [4.69, 9.17) is 0 Å². The third kappa shape index (κ3) is 2.64. The van der Waals surface area contributed by atoms with Gasteiger partial charge < -0.3 is 5.32 Å². The molecule has 0 saturated heterocycles. The van der Waals surface area contributed by atoms with Crippen molar-refractivity contribution in [2.75, 3.05) is 11.9 Å². The van der Waals surface area contributed by atoms with Crippen LogP contribution in [0, 0.1) is 11.4 Å². The predicted molar refractivity (Wildman–Crippen MR) is 57.1 cm³/mol. The average molecular weight is 209 g/mol. The topological polar surface area (TPSA) is 37.8 Å². The Morgan fingerprint density at radius 3 is 2.87 bits per heavy atom. The van der Waals surface area contributed by atoms with Crippen molar-refractivity contribution in [3.63, 3.8) is 0 Å². The molecule has 82 valence electrons. The summed E-state index contributed by atoms with van der Waals surface area (Å²) < 4.78 is 12.8. The first-order chi connectivity index (χ1) is 7.24. The minimum Gasteiger partial charge on any atom is -0.369 e. The molecule has 1 heterocycles. The van der Waals surface area contributed by atoms with E-state index in [1.165, 1.54) is 38.1 Å². The Labute approximate surface area is 89.1 Å². The number of rotatable bonds is 5. The van der Waals surface area contributed by atoms with Crippen molar-refractivity contribution >= 4 is 5.82 Å². The summed E-state index contributed by atoms with van der Waals surface area (Å²) >= 11 is 0. The molecule has 1 aromatic rings. The molecular weight excluding hydrogens is 193 g/mol. The van der Waals surface area contributed by atoms with Crippen molar-refractivity contribution in [2.45, 2.75) is 32.6 Å². The molecule has 4 heteroatoms. The smallest absolute Gasteiger partial charge is 0.217 e. The molecule has 1 saturated carbocycles. The van der Waals surface area contributed by atoms with E-state index >= 15 is 0 Å². The highest BCUT2D eigenvalue weighted by Crippen LogP contribution is 2.49. The molecule has 0 aliphatic heterocycles. The predicted octanol–water partition coefficient (Wildman–Crippen LogP) is 2.61. The van der Waals surface area contributed by atoms with Crippen molar-refractivity contribution in [3.8, 4) is 0 Å². The fourth-order valence-electron chi connectivity index (χ4n) is 1.93. The van der Waals surface area contributed by atoms with E-state index in [9.17, 15) is 4.39 Å². The largest absolute Gasteiger partial charge is 0.369 e. The molecule has 1 aliphatic carbocycles. The lowest BCUT2D eigenvalue weighted by Gasteiger charge is -2.14. The zero-order valence-electron chi connectivity index (χ0n) is 8.96. The van der Waals surface area contributed by atoms with E-state index < -0.39 is 5.95 Å². The van der Waals surface area contributed by atoms with E-state index in [2.05, 4.69) is 22.2 Å². The summed E-state index contributed by atoms with van der Waals surface area (Å²) in [7, 11) is 0. The average Bonchev–Trinajstić information content (AvgIpc) is 2.97. The summed E-state index contributed by atoms with van der Waals surface area (Å²) in [6.07, 6.45) is 6.26. The van der Waals surface area contributed by atoms with Crippen LogP contribution in [-0.2, 0) is 0 Å². The van der Waals surface area contributed by atoms with Gasteiger partial charge in [-0.3, -0.25) is 0 Å². The maximum atomic E-state index is 12.8. The first-order valence-electron chi connectivity index (χ1n) is 5.45. The van der Waals surface area contributed by atoms with Gasteiger partial charge in [0.15, 0.2) is 0 Å².